The standard InChI is InChI=1S/C25H35NO2/c1-8-24-11-12-25(13-20(24)17(5)27)18(6)26(7)16(4)19-9-10-21(28)14(2)22(19)23(25)15(24)3/h9-12,15-16,18,20,23,28H,8,13H2,1-7H3. The number of fused-ring (bicyclic) bond motifs is 2. The van der Waals surface area contributed by atoms with E-state index in [1.165, 1.54) is 11.1 Å². The quantitative estimate of drug-likeness (QED) is 0.700. The van der Waals surface area contributed by atoms with Crippen molar-refractivity contribution in [1.82, 2.24) is 4.90 Å². The predicted octanol–water partition coefficient (Wildman–Crippen LogP) is 5.38. The smallest absolute Gasteiger partial charge is 0.133 e. The maximum absolute atomic E-state index is 12.8. The second-order valence-electron chi connectivity index (χ2n) is 9.78. The van der Waals surface area contributed by atoms with E-state index in [1.807, 2.05) is 6.07 Å². The van der Waals surface area contributed by atoms with Gasteiger partial charge in [0.05, 0.1) is 0 Å². The minimum Gasteiger partial charge on any atom is -0.508 e. The summed E-state index contributed by atoms with van der Waals surface area (Å²) in [5, 5.41) is 10.6. The highest BCUT2D eigenvalue weighted by molar-refractivity contribution is 5.80. The molecule has 0 radical (unpaired) electrons. The Hall–Kier alpha value is -1.61. The first-order chi connectivity index (χ1) is 13.1. The van der Waals surface area contributed by atoms with E-state index in [0.29, 0.717) is 29.4 Å². The average Bonchev–Trinajstić information content (AvgIpc) is 2.74. The minimum atomic E-state index is -0.0840. The summed E-state index contributed by atoms with van der Waals surface area (Å²) in [7, 11) is 2.22. The van der Waals surface area contributed by atoms with Crippen molar-refractivity contribution in [3.05, 3.63) is 41.0 Å². The Kier molecular flexibility index (Phi) is 4.36. The molecule has 1 N–H and O–H groups in total. The molecule has 0 aromatic heterocycles. The number of nitrogens with zero attached hydrogens (tertiary/aromatic N) is 1. The molecule has 0 amide bonds. The van der Waals surface area contributed by atoms with Crippen molar-refractivity contribution in [2.75, 3.05) is 7.05 Å². The van der Waals surface area contributed by atoms with Crippen molar-refractivity contribution >= 4 is 5.78 Å². The van der Waals surface area contributed by atoms with Crippen molar-refractivity contribution in [2.45, 2.75) is 72.4 Å². The van der Waals surface area contributed by atoms with Crippen LogP contribution in [0.3, 0.4) is 0 Å². The lowest BCUT2D eigenvalue weighted by atomic mass is 9.41. The van der Waals surface area contributed by atoms with Crippen LogP contribution in [0.1, 0.15) is 76.1 Å². The molecule has 2 bridgehead atoms. The van der Waals surface area contributed by atoms with Gasteiger partial charge in [0.25, 0.3) is 0 Å². The highest BCUT2D eigenvalue weighted by Gasteiger charge is 2.64. The van der Waals surface area contributed by atoms with Gasteiger partial charge in [-0.15, -0.1) is 0 Å². The number of carbonyl (C=O) groups excluding carboxylic acids is 1. The Bertz CT molecular complexity index is 858. The first-order valence-electron chi connectivity index (χ1n) is 10.9. The second kappa shape index (κ2) is 6.19. The molecule has 3 nitrogen and oxygen atoms in total. The number of benzene rings is 1. The molecule has 3 aliphatic carbocycles. The third-order valence-electron chi connectivity index (χ3n) is 9.22. The summed E-state index contributed by atoms with van der Waals surface area (Å²) in [6.45, 7) is 13.1. The van der Waals surface area contributed by atoms with Crippen LogP contribution < -0.4 is 0 Å². The Morgan fingerprint density at radius 2 is 1.93 bits per heavy atom. The third kappa shape index (κ3) is 2.17. The topological polar surface area (TPSA) is 40.5 Å². The number of carbonyl (C=O) groups is 1. The summed E-state index contributed by atoms with van der Waals surface area (Å²) in [5.74, 6) is 1.47. The van der Waals surface area contributed by atoms with Gasteiger partial charge in [-0.2, -0.15) is 0 Å². The van der Waals surface area contributed by atoms with Crippen LogP contribution in [0, 0.1) is 29.6 Å². The van der Waals surface area contributed by atoms with E-state index in [9.17, 15) is 9.90 Å². The lowest BCUT2D eigenvalue weighted by Crippen LogP contribution is -2.60. The zero-order chi connectivity index (χ0) is 20.6. The molecule has 1 aromatic rings. The number of hydrogen-bond donors (Lipinski definition) is 1. The number of rotatable bonds is 2. The maximum Gasteiger partial charge on any atom is 0.133 e. The van der Waals surface area contributed by atoms with E-state index in [0.717, 1.165) is 18.4 Å². The summed E-state index contributed by atoms with van der Waals surface area (Å²) in [6, 6.07) is 4.58. The summed E-state index contributed by atoms with van der Waals surface area (Å²) < 4.78 is 0. The Labute approximate surface area is 169 Å². The van der Waals surface area contributed by atoms with Crippen LogP contribution in [-0.2, 0) is 4.79 Å². The molecular weight excluding hydrogens is 346 g/mol. The fourth-order valence-corrected chi connectivity index (χ4v) is 7.26. The fraction of sp³-hybridized carbons (Fsp3) is 0.640. The van der Waals surface area contributed by atoms with Crippen molar-refractivity contribution in [3.8, 4) is 5.75 Å². The first kappa shape index (κ1) is 19.7. The summed E-state index contributed by atoms with van der Waals surface area (Å²) in [4.78, 5) is 15.3. The molecular formula is C25H35NO2. The average molecular weight is 382 g/mol. The summed E-state index contributed by atoms with van der Waals surface area (Å²) >= 11 is 0. The van der Waals surface area contributed by atoms with Crippen LogP contribution in [-0.4, -0.2) is 28.9 Å². The van der Waals surface area contributed by atoms with Gasteiger partial charge in [-0.1, -0.05) is 32.1 Å². The highest BCUT2D eigenvalue weighted by Crippen LogP contribution is 2.69. The molecule has 28 heavy (non-hydrogen) atoms. The van der Waals surface area contributed by atoms with Crippen LogP contribution >= 0.6 is 0 Å². The zero-order valence-corrected chi connectivity index (χ0v) is 18.4. The number of ketones is 1. The van der Waals surface area contributed by atoms with Crippen LogP contribution in [0.2, 0.25) is 0 Å². The number of Topliss-reactive ketones (excluding diaryl/α,β-unsaturated/α-hetero) is 1. The number of hydrogen-bond acceptors (Lipinski definition) is 3. The van der Waals surface area contributed by atoms with E-state index in [2.05, 4.69) is 64.8 Å². The van der Waals surface area contributed by atoms with Gasteiger partial charge in [-0.3, -0.25) is 9.69 Å². The second-order valence-corrected chi connectivity index (χ2v) is 9.78. The highest BCUT2D eigenvalue weighted by atomic mass is 16.3. The Morgan fingerprint density at radius 1 is 1.25 bits per heavy atom. The van der Waals surface area contributed by atoms with Gasteiger partial charge < -0.3 is 5.11 Å². The van der Waals surface area contributed by atoms with Crippen LogP contribution in [0.15, 0.2) is 24.3 Å². The van der Waals surface area contributed by atoms with Gasteiger partial charge in [-0.05, 0) is 82.2 Å². The maximum atomic E-state index is 12.8. The van der Waals surface area contributed by atoms with Gasteiger partial charge in [0.2, 0.25) is 0 Å². The SMILES string of the molecule is CCC12C=CC3(CC1C(C)=O)C(c1c(ccc(O)c1C)C(C)N(C)C3C)C2C. The van der Waals surface area contributed by atoms with Crippen LogP contribution in [0.5, 0.6) is 5.75 Å². The van der Waals surface area contributed by atoms with E-state index in [1.54, 1.807) is 6.92 Å². The molecule has 152 valence electrons. The number of allylic oxidation sites excluding steroid dienone is 1. The molecule has 1 aliphatic heterocycles. The van der Waals surface area contributed by atoms with Gasteiger partial charge in [0, 0.05) is 28.8 Å². The summed E-state index contributed by atoms with van der Waals surface area (Å²) in [6.07, 6.45) is 6.76. The van der Waals surface area contributed by atoms with Gasteiger partial charge >= 0.3 is 0 Å². The first-order valence-corrected chi connectivity index (χ1v) is 10.9. The van der Waals surface area contributed by atoms with Crippen molar-refractivity contribution in [3.63, 3.8) is 0 Å². The molecule has 1 saturated carbocycles. The van der Waals surface area contributed by atoms with E-state index >= 15 is 0 Å². The number of phenols is 1. The van der Waals surface area contributed by atoms with Gasteiger partial charge in [-0.25, -0.2) is 0 Å². The molecule has 5 rings (SSSR count). The Morgan fingerprint density at radius 3 is 2.54 bits per heavy atom. The Balaban J connectivity index is 2.06. The van der Waals surface area contributed by atoms with Crippen molar-refractivity contribution < 1.29 is 9.90 Å². The normalized spacial score (nSPS) is 42.0. The predicted molar refractivity (Wildman–Crippen MR) is 113 cm³/mol. The van der Waals surface area contributed by atoms with Crippen LogP contribution in [0.25, 0.3) is 0 Å². The monoisotopic (exact) mass is 381 g/mol. The van der Waals surface area contributed by atoms with E-state index < -0.39 is 0 Å². The molecule has 3 heteroatoms. The third-order valence-corrected chi connectivity index (χ3v) is 9.22. The number of aromatic hydroxyl groups is 1. The molecule has 1 heterocycles. The fourth-order valence-electron chi connectivity index (χ4n) is 7.26. The van der Waals surface area contributed by atoms with Gasteiger partial charge in [0.15, 0.2) is 0 Å². The molecule has 1 aromatic carbocycles. The molecule has 1 spiro atoms. The van der Waals surface area contributed by atoms with E-state index in [-0.39, 0.29) is 22.8 Å². The summed E-state index contributed by atoms with van der Waals surface area (Å²) in [5.41, 5.74) is 3.53. The molecule has 7 atom stereocenters. The van der Waals surface area contributed by atoms with Crippen molar-refractivity contribution in [1.29, 1.82) is 0 Å². The lowest BCUT2D eigenvalue weighted by molar-refractivity contribution is -0.136. The minimum absolute atomic E-state index is 0.0825. The molecule has 1 fully saturated rings. The van der Waals surface area contributed by atoms with Gasteiger partial charge in [0.1, 0.15) is 11.5 Å². The largest absolute Gasteiger partial charge is 0.508 e. The van der Waals surface area contributed by atoms with Crippen LogP contribution in [0.4, 0.5) is 0 Å². The number of phenolic OH excluding ortho intramolecular Hbond substituents is 1. The van der Waals surface area contributed by atoms with E-state index in [4.69, 9.17) is 0 Å². The molecule has 4 aliphatic rings. The lowest BCUT2D eigenvalue weighted by Gasteiger charge is -2.63. The molecule has 0 saturated heterocycles. The molecule has 7 unspecified atom stereocenters. The zero-order valence-electron chi connectivity index (χ0n) is 18.4. The van der Waals surface area contributed by atoms with Crippen molar-refractivity contribution in [2.24, 2.45) is 22.7 Å².